The molecular formula is C21H36N4O8. The average Bonchev–Trinajstić information content (AvgIpc) is 2.68. The van der Waals surface area contributed by atoms with E-state index in [9.17, 15) is 24.0 Å². The van der Waals surface area contributed by atoms with Gasteiger partial charge < -0.3 is 36.3 Å². The number of carbonyl (C=O) groups is 5. The van der Waals surface area contributed by atoms with Crippen molar-refractivity contribution < 1.29 is 38.6 Å². The Balaban J connectivity index is 2.52. The number of carboxylic acid groups (broad SMARTS) is 1. The van der Waals surface area contributed by atoms with E-state index in [1.807, 2.05) is 0 Å². The third-order valence-corrected chi connectivity index (χ3v) is 4.91. The highest BCUT2D eigenvalue weighted by molar-refractivity contribution is 5.91. The van der Waals surface area contributed by atoms with Gasteiger partial charge in [0.05, 0.1) is 12.1 Å². The minimum Gasteiger partial charge on any atom is -0.481 e. The molecule has 1 rings (SSSR count). The Hall–Kier alpha value is -2.89. The molecule has 0 aliphatic heterocycles. The zero-order valence-corrected chi connectivity index (χ0v) is 19.6. The Kier molecular flexibility index (Phi) is 11.1. The van der Waals surface area contributed by atoms with Gasteiger partial charge in [0.15, 0.2) is 0 Å². The van der Waals surface area contributed by atoms with Gasteiger partial charge in [0.1, 0.15) is 24.3 Å². The van der Waals surface area contributed by atoms with Crippen LogP contribution >= 0.6 is 0 Å². The molecule has 12 heteroatoms. The van der Waals surface area contributed by atoms with Gasteiger partial charge in [0.25, 0.3) is 0 Å². The predicted octanol–water partition coefficient (Wildman–Crippen LogP) is 0.179. The highest BCUT2D eigenvalue weighted by Gasteiger charge is 2.30. The number of ether oxygens (including phenoxy) is 2. The van der Waals surface area contributed by atoms with Crippen molar-refractivity contribution in [3.8, 4) is 0 Å². The van der Waals surface area contributed by atoms with Crippen LogP contribution in [0.15, 0.2) is 0 Å². The first kappa shape index (κ1) is 28.1. The van der Waals surface area contributed by atoms with E-state index in [0.29, 0.717) is 12.8 Å². The maximum Gasteiger partial charge on any atom is 0.407 e. The van der Waals surface area contributed by atoms with Crippen LogP contribution in [0.5, 0.6) is 0 Å². The number of amides is 4. The van der Waals surface area contributed by atoms with E-state index in [0.717, 1.165) is 12.8 Å². The van der Waals surface area contributed by atoms with Crippen LogP contribution in [0.3, 0.4) is 0 Å². The molecule has 188 valence electrons. The van der Waals surface area contributed by atoms with Gasteiger partial charge in [-0.25, -0.2) is 4.79 Å². The summed E-state index contributed by atoms with van der Waals surface area (Å²) in [6, 6.07) is -2.46. The van der Waals surface area contributed by atoms with Crippen LogP contribution in [-0.2, 0) is 28.7 Å². The fraction of sp³-hybridized carbons (Fsp3) is 0.762. The number of carboxylic acids is 1. The molecule has 0 aromatic rings. The van der Waals surface area contributed by atoms with Crippen molar-refractivity contribution in [1.82, 2.24) is 16.0 Å². The second kappa shape index (κ2) is 13.0. The molecule has 1 aliphatic carbocycles. The van der Waals surface area contributed by atoms with Gasteiger partial charge in [-0.05, 0) is 47.0 Å². The number of nitrogens with two attached hydrogens (primary N) is 1. The van der Waals surface area contributed by atoms with Crippen LogP contribution in [-0.4, -0.2) is 71.3 Å². The van der Waals surface area contributed by atoms with Crippen LogP contribution in [0.1, 0.15) is 66.2 Å². The van der Waals surface area contributed by atoms with Gasteiger partial charge in [-0.2, -0.15) is 0 Å². The highest BCUT2D eigenvalue weighted by Crippen LogP contribution is 2.22. The lowest BCUT2D eigenvalue weighted by molar-refractivity contribution is -0.137. The molecule has 1 aliphatic rings. The van der Waals surface area contributed by atoms with E-state index in [2.05, 4.69) is 16.0 Å². The molecule has 1 fully saturated rings. The van der Waals surface area contributed by atoms with E-state index in [4.69, 9.17) is 20.3 Å². The summed E-state index contributed by atoms with van der Waals surface area (Å²) in [5.74, 6) is -3.23. The first-order valence-corrected chi connectivity index (χ1v) is 11.0. The lowest BCUT2D eigenvalue weighted by Crippen LogP contribution is -2.53. The number of alkyl carbamates (subject to hydrolysis) is 1. The number of carbonyl (C=O) groups excluding carboxylic acids is 4. The van der Waals surface area contributed by atoms with Crippen molar-refractivity contribution in [2.45, 2.75) is 96.1 Å². The second-order valence-electron chi connectivity index (χ2n) is 9.07. The molecule has 1 saturated carbocycles. The van der Waals surface area contributed by atoms with Crippen molar-refractivity contribution in [2.24, 2.45) is 5.73 Å². The van der Waals surface area contributed by atoms with E-state index in [1.54, 1.807) is 20.8 Å². The second-order valence-corrected chi connectivity index (χ2v) is 9.07. The largest absolute Gasteiger partial charge is 0.481 e. The molecule has 33 heavy (non-hydrogen) atoms. The van der Waals surface area contributed by atoms with Gasteiger partial charge in [0.2, 0.25) is 17.7 Å². The first-order valence-electron chi connectivity index (χ1n) is 11.0. The predicted molar refractivity (Wildman–Crippen MR) is 117 cm³/mol. The molecule has 0 aromatic heterocycles. The van der Waals surface area contributed by atoms with Crippen LogP contribution < -0.4 is 21.7 Å². The van der Waals surface area contributed by atoms with Crippen LogP contribution in [0, 0.1) is 0 Å². The van der Waals surface area contributed by atoms with Gasteiger partial charge in [-0.15, -0.1) is 0 Å². The maximum absolute atomic E-state index is 12.3. The molecule has 6 N–H and O–H groups in total. The summed E-state index contributed by atoms with van der Waals surface area (Å²) in [5, 5.41) is 16.3. The van der Waals surface area contributed by atoms with E-state index < -0.39 is 47.5 Å². The summed E-state index contributed by atoms with van der Waals surface area (Å²) >= 11 is 0. The Bertz CT molecular complexity index is 722. The van der Waals surface area contributed by atoms with Crippen molar-refractivity contribution in [2.75, 3.05) is 6.61 Å². The van der Waals surface area contributed by atoms with Gasteiger partial charge in [-0.3, -0.25) is 19.2 Å². The molecule has 0 aromatic carbocycles. The van der Waals surface area contributed by atoms with Gasteiger partial charge in [-0.1, -0.05) is 12.8 Å². The standard InChI is InChI=1S/C21H36N4O8/c1-12(19(30)24-14(18(22)29)9-10-17(27)28)23-16(26)11-32-15-8-6-5-7-13(15)25-20(31)33-21(2,3)4/h12-15H,5-11H2,1-4H3,(H2,22,29)(H,23,26)(H,24,30)(H,25,31)(H,27,28)/t12-,13+,14-,15+/m0/s1. The topological polar surface area (TPSA) is 186 Å². The molecule has 0 heterocycles. The van der Waals surface area contributed by atoms with Crippen LogP contribution in [0.25, 0.3) is 0 Å². The normalized spacial score (nSPS) is 20.1. The summed E-state index contributed by atoms with van der Waals surface area (Å²) < 4.78 is 11.0. The minimum atomic E-state index is -1.16. The summed E-state index contributed by atoms with van der Waals surface area (Å²) in [4.78, 5) is 58.7. The van der Waals surface area contributed by atoms with Crippen molar-refractivity contribution in [1.29, 1.82) is 0 Å². The summed E-state index contributed by atoms with van der Waals surface area (Å²) in [6.45, 7) is 6.38. The number of hydrogen-bond donors (Lipinski definition) is 5. The van der Waals surface area contributed by atoms with Gasteiger partial charge in [0, 0.05) is 6.42 Å². The zero-order valence-electron chi connectivity index (χ0n) is 19.6. The molecule has 4 amide bonds. The Morgan fingerprint density at radius 2 is 1.73 bits per heavy atom. The molecule has 0 unspecified atom stereocenters. The average molecular weight is 473 g/mol. The third-order valence-electron chi connectivity index (χ3n) is 4.91. The first-order chi connectivity index (χ1) is 15.3. The fourth-order valence-electron chi connectivity index (χ4n) is 3.30. The molecule has 0 radical (unpaired) electrons. The van der Waals surface area contributed by atoms with Crippen LogP contribution in [0.2, 0.25) is 0 Å². The summed E-state index contributed by atoms with van der Waals surface area (Å²) in [7, 11) is 0. The number of primary amides is 1. The van der Waals surface area contributed by atoms with Crippen LogP contribution in [0.4, 0.5) is 4.79 Å². The number of rotatable bonds is 11. The smallest absolute Gasteiger partial charge is 0.407 e. The summed E-state index contributed by atoms with van der Waals surface area (Å²) in [6.07, 6.45) is 1.72. The van der Waals surface area contributed by atoms with Crippen molar-refractivity contribution >= 4 is 29.8 Å². The van der Waals surface area contributed by atoms with E-state index >= 15 is 0 Å². The molecule has 0 bridgehead atoms. The monoisotopic (exact) mass is 472 g/mol. The van der Waals surface area contributed by atoms with E-state index in [1.165, 1.54) is 6.92 Å². The van der Waals surface area contributed by atoms with Crippen molar-refractivity contribution in [3.05, 3.63) is 0 Å². The van der Waals surface area contributed by atoms with Crippen molar-refractivity contribution in [3.63, 3.8) is 0 Å². The SMILES string of the molecule is C[C@H](NC(=O)CO[C@@H]1CCCC[C@H]1NC(=O)OC(C)(C)C)C(=O)N[C@@H](CCC(=O)O)C(N)=O. The lowest BCUT2D eigenvalue weighted by Gasteiger charge is -2.32. The third kappa shape index (κ3) is 11.5. The van der Waals surface area contributed by atoms with Gasteiger partial charge >= 0.3 is 12.1 Å². The number of aliphatic carboxylic acids is 1. The molecule has 12 nitrogen and oxygen atoms in total. The molecular weight excluding hydrogens is 436 g/mol. The lowest BCUT2D eigenvalue weighted by atomic mass is 9.92. The number of nitrogens with one attached hydrogen (secondary N) is 3. The Morgan fingerprint density at radius 3 is 2.30 bits per heavy atom. The minimum absolute atomic E-state index is 0.159. The molecule has 0 spiro atoms. The molecule has 0 saturated heterocycles. The summed E-state index contributed by atoms with van der Waals surface area (Å²) in [5.41, 5.74) is 4.56. The zero-order chi connectivity index (χ0) is 25.2. The molecule has 4 atom stereocenters. The Morgan fingerprint density at radius 1 is 1.09 bits per heavy atom. The number of hydrogen-bond acceptors (Lipinski definition) is 7. The Labute approximate surface area is 193 Å². The maximum atomic E-state index is 12.3. The van der Waals surface area contributed by atoms with E-state index in [-0.39, 0.29) is 31.6 Å². The highest BCUT2D eigenvalue weighted by atomic mass is 16.6. The quantitative estimate of drug-likeness (QED) is 0.282. The fourth-order valence-corrected chi connectivity index (χ4v) is 3.30.